The van der Waals surface area contributed by atoms with Crippen molar-refractivity contribution < 1.29 is 4.74 Å². The molecule has 0 amide bonds. The number of hydrogen-bond acceptors (Lipinski definition) is 2. The first-order valence-corrected chi connectivity index (χ1v) is 6.17. The van der Waals surface area contributed by atoms with Gasteiger partial charge in [0.1, 0.15) is 5.75 Å². The van der Waals surface area contributed by atoms with Crippen molar-refractivity contribution in [3.8, 4) is 5.75 Å². The van der Waals surface area contributed by atoms with Gasteiger partial charge in [-0.2, -0.15) is 0 Å². The molecule has 0 radical (unpaired) electrons. The summed E-state index contributed by atoms with van der Waals surface area (Å²) in [6.07, 6.45) is 1.23. The molecule has 1 saturated heterocycles. The Labute approximate surface area is 101 Å². The van der Waals surface area contributed by atoms with E-state index in [4.69, 9.17) is 4.74 Å². The highest BCUT2D eigenvalue weighted by atomic mass is 16.5. The summed E-state index contributed by atoms with van der Waals surface area (Å²) in [6, 6.07) is 6.27. The number of nitrogens with one attached hydrogen (secondary N) is 2. The van der Waals surface area contributed by atoms with Crippen LogP contribution in [0, 0.1) is 6.92 Å². The molecule has 1 fully saturated rings. The molecule has 1 atom stereocenters. The molecule has 1 aromatic carbocycles. The smallest absolute Gasteiger partial charge is 0.142 e. The molecule has 90 valence electrons. The van der Waals surface area contributed by atoms with Crippen LogP contribution in [0.3, 0.4) is 0 Å². The Hall–Kier alpha value is -1.48. The Morgan fingerprint density at radius 1 is 1.35 bits per heavy atom. The third-order valence-corrected chi connectivity index (χ3v) is 3.72. The molecule has 1 unspecified atom stereocenters. The zero-order chi connectivity index (χ0) is 11.8. The van der Waals surface area contributed by atoms with E-state index in [9.17, 15) is 0 Å². The third kappa shape index (κ3) is 1.62. The van der Waals surface area contributed by atoms with Gasteiger partial charge in [-0.15, -0.1) is 0 Å². The van der Waals surface area contributed by atoms with E-state index >= 15 is 0 Å². The van der Waals surface area contributed by atoms with E-state index in [0.717, 1.165) is 24.4 Å². The number of fused-ring (bicyclic) bond motifs is 1. The molecule has 2 aromatic rings. The molecule has 0 spiro atoms. The predicted octanol–water partition coefficient (Wildman–Crippen LogP) is 2.56. The van der Waals surface area contributed by atoms with Gasteiger partial charge < -0.3 is 15.0 Å². The van der Waals surface area contributed by atoms with Crippen molar-refractivity contribution in [1.82, 2.24) is 10.3 Å². The minimum Gasteiger partial charge on any atom is -0.495 e. The van der Waals surface area contributed by atoms with E-state index in [-0.39, 0.29) is 0 Å². The monoisotopic (exact) mass is 230 g/mol. The quantitative estimate of drug-likeness (QED) is 0.832. The van der Waals surface area contributed by atoms with Gasteiger partial charge in [0, 0.05) is 17.6 Å². The fourth-order valence-corrected chi connectivity index (χ4v) is 2.94. The number of H-pyrrole nitrogens is 1. The molecule has 2 N–H and O–H groups in total. The van der Waals surface area contributed by atoms with Crippen molar-refractivity contribution in [3.05, 3.63) is 29.5 Å². The Morgan fingerprint density at radius 2 is 2.24 bits per heavy atom. The summed E-state index contributed by atoms with van der Waals surface area (Å²) in [5, 5.41) is 4.75. The lowest BCUT2D eigenvalue weighted by molar-refractivity contribution is 0.419. The lowest BCUT2D eigenvalue weighted by Gasteiger charge is -2.09. The largest absolute Gasteiger partial charge is 0.495 e. The second kappa shape index (κ2) is 4.08. The summed E-state index contributed by atoms with van der Waals surface area (Å²) in [5.41, 5.74) is 3.87. The maximum atomic E-state index is 5.41. The topological polar surface area (TPSA) is 37.0 Å². The second-order valence-corrected chi connectivity index (χ2v) is 4.74. The zero-order valence-electron chi connectivity index (χ0n) is 10.3. The van der Waals surface area contributed by atoms with Crippen LogP contribution in [0.5, 0.6) is 5.75 Å². The SMILES string of the molecule is COc1cccc2c(C3CCNC3)c(C)[nH]c12. The van der Waals surface area contributed by atoms with E-state index in [1.807, 2.05) is 6.07 Å². The molecule has 1 aliphatic heterocycles. The van der Waals surface area contributed by atoms with Crippen LogP contribution in [-0.4, -0.2) is 25.2 Å². The highest BCUT2D eigenvalue weighted by Crippen LogP contribution is 2.35. The number of aryl methyl sites for hydroxylation is 1. The average molecular weight is 230 g/mol. The van der Waals surface area contributed by atoms with Gasteiger partial charge in [-0.25, -0.2) is 0 Å². The summed E-state index contributed by atoms with van der Waals surface area (Å²) in [7, 11) is 1.72. The maximum absolute atomic E-state index is 5.41. The Balaban J connectivity index is 2.20. The number of benzene rings is 1. The van der Waals surface area contributed by atoms with Crippen LogP contribution in [0.1, 0.15) is 23.6 Å². The van der Waals surface area contributed by atoms with Gasteiger partial charge in [0.05, 0.1) is 12.6 Å². The molecule has 0 bridgehead atoms. The Kier molecular flexibility index (Phi) is 2.56. The summed E-state index contributed by atoms with van der Waals surface area (Å²) < 4.78 is 5.41. The second-order valence-electron chi connectivity index (χ2n) is 4.74. The summed E-state index contributed by atoms with van der Waals surface area (Å²) in [4.78, 5) is 3.47. The normalized spacial score (nSPS) is 20.0. The maximum Gasteiger partial charge on any atom is 0.142 e. The molecule has 17 heavy (non-hydrogen) atoms. The van der Waals surface area contributed by atoms with Crippen LogP contribution in [0.25, 0.3) is 10.9 Å². The van der Waals surface area contributed by atoms with Crippen molar-refractivity contribution in [2.45, 2.75) is 19.3 Å². The van der Waals surface area contributed by atoms with Gasteiger partial charge >= 0.3 is 0 Å². The van der Waals surface area contributed by atoms with E-state index < -0.39 is 0 Å². The Morgan fingerprint density at radius 3 is 2.94 bits per heavy atom. The number of aromatic nitrogens is 1. The van der Waals surface area contributed by atoms with Crippen LogP contribution in [0.2, 0.25) is 0 Å². The first-order valence-electron chi connectivity index (χ1n) is 6.17. The van der Waals surface area contributed by atoms with Gasteiger partial charge in [-0.1, -0.05) is 12.1 Å². The molecular weight excluding hydrogens is 212 g/mol. The van der Waals surface area contributed by atoms with Crippen LogP contribution >= 0.6 is 0 Å². The van der Waals surface area contributed by atoms with E-state index in [2.05, 4.69) is 29.4 Å². The van der Waals surface area contributed by atoms with Crippen molar-refractivity contribution in [1.29, 1.82) is 0 Å². The molecule has 1 aromatic heterocycles. The summed E-state index contributed by atoms with van der Waals surface area (Å²) in [6.45, 7) is 4.37. The van der Waals surface area contributed by atoms with Crippen molar-refractivity contribution in [2.75, 3.05) is 20.2 Å². The van der Waals surface area contributed by atoms with Gasteiger partial charge in [-0.05, 0) is 37.4 Å². The number of methoxy groups -OCH3 is 1. The third-order valence-electron chi connectivity index (χ3n) is 3.72. The number of aromatic amines is 1. The highest BCUT2D eigenvalue weighted by Gasteiger charge is 2.22. The van der Waals surface area contributed by atoms with Crippen molar-refractivity contribution in [2.24, 2.45) is 0 Å². The fourth-order valence-electron chi connectivity index (χ4n) is 2.94. The molecule has 0 aliphatic carbocycles. The minimum absolute atomic E-state index is 0.635. The van der Waals surface area contributed by atoms with Gasteiger partial charge in [0.2, 0.25) is 0 Å². The van der Waals surface area contributed by atoms with Crippen LogP contribution < -0.4 is 10.1 Å². The molecule has 0 saturated carbocycles. The van der Waals surface area contributed by atoms with E-state index in [0.29, 0.717) is 5.92 Å². The lowest BCUT2D eigenvalue weighted by Crippen LogP contribution is -2.08. The highest BCUT2D eigenvalue weighted by molar-refractivity contribution is 5.90. The average Bonchev–Trinajstić information content (AvgIpc) is 2.93. The van der Waals surface area contributed by atoms with Gasteiger partial charge in [-0.3, -0.25) is 0 Å². The van der Waals surface area contributed by atoms with Crippen molar-refractivity contribution >= 4 is 10.9 Å². The van der Waals surface area contributed by atoms with E-state index in [1.54, 1.807) is 7.11 Å². The van der Waals surface area contributed by atoms with Gasteiger partial charge in [0.25, 0.3) is 0 Å². The first-order chi connectivity index (χ1) is 8.31. The van der Waals surface area contributed by atoms with Gasteiger partial charge in [0.15, 0.2) is 0 Å². The predicted molar refractivity (Wildman–Crippen MR) is 69.8 cm³/mol. The van der Waals surface area contributed by atoms with E-state index in [1.165, 1.54) is 23.1 Å². The van der Waals surface area contributed by atoms with Crippen molar-refractivity contribution in [3.63, 3.8) is 0 Å². The summed E-state index contributed by atoms with van der Waals surface area (Å²) in [5.74, 6) is 1.57. The van der Waals surface area contributed by atoms with Crippen LogP contribution in [0.15, 0.2) is 18.2 Å². The number of ether oxygens (including phenoxy) is 1. The first kappa shape index (κ1) is 10.7. The molecular formula is C14H18N2O. The molecule has 3 heteroatoms. The minimum atomic E-state index is 0.635. The number of hydrogen-bond donors (Lipinski definition) is 2. The summed E-state index contributed by atoms with van der Waals surface area (Å²) >= 11 is 0. The molecule has 3 nitrogen and oxygen atoms in total. The molecule has 2 heterocycles. The molecule has 3 rings (SSSR count). The zero-order valence-corrected chi connectivity index (χ0v) is 10.3. The van der Waals surface area contributed by atoms with Crippen LogP contribution in [0.4, 0.5) is 0 Å². The lowest BCUT2D eigenvalue weighted by atomic mass is 9.95. The number of rotatable bonds is 2. The molecule has 1 aliphatic rings. The standard InChI is InChI=1S/C14H18N2O/c1-9-13(10-6-7-15-8-10)11-4-3-5-12(17-2)14(11)16-9/h3-5,10,15-16H,6-8H2,1-2H3. The Bertz CT molecular complexity index is 538. The van der Waals surface area contributed by atoms with Crippen LogP contribution in [-0.2, 0) is 0 Å². The number of para-hydroxylation sites is 1. The fraction of sp³-hybridized carbons (Fsp3) is 0.429.